The van der Waals surface area contributed by atoms with E-state index in [9.17, 15) is 14.0 Å². The van der Waals surface area contributed by atoms with Crippen molar-refractivity contribution in [2.75, 3.05) is 20.3 Å². The van der Waals surface area contributed by atoms with Gasteiger partial charge in [0.1, 0.15) is 17.3 Å². The minimum Gasteiger partial charge on any atom is -0.497 e. The Morgan fingerprint density at radius 2 is 1.96 bits per heavy atom. The lowest BCUT2D eigenvalue weighted by Crippen LogP contribution is -2.34. The molecule has 0 aromatic heterocycles. The van der Waals surface area contributed by atoms with Crippen LogP contribution < -0.4 is 15.2 Å². The molecular weight excluding hydrogens is 339 g/mol. The topological polar surface area (TPSA) is 81.9 Å². The van der Waals surface area contributed by atoms with Crippen molar-refractivity contribution < 1.29 is 23.5 Å². The quantitative estimate of drug-likeness (QED) is 0.783. The molecule has 0 saturated heterocycles. The highest BCUT2D eigenvalue weighted by Gasteiger charge is 2.16. The Labute approximate surface area is 151 Å². The number of methoxy groups -OCH3 is 1. The summed E-state index contributed by atoms with van der Waals surface area (Å²) in [5, 5.41) is 0. The second kappa shape index (κ2) is 8.84. The molecule has 0 fully saturated rings. The van der Waals surface area contributed by atoms with Gasteiger partial charge in [0.25, 0.3) is 11.8 Å². The number of carbonyl (C=O) groups excluding carboxylic acids is 2. The van der Waals surface area contributed by atoms with Gasteiger partial charge in [-0.2, -0.15) is 0 Å². The van der Waals surface area contributed by atoms with Crippen molar-refractivity contribution in [2.45, 2.75) is 13.5 Å². The fourth-order valence-electron chi connectivity index (χ4n) is 2.42. The van der Waals surface area contributed by atoms with E-state index in [-0.39, 0.29) is 36.2 Å². The average molecular weight is 360 g/mol. The molecule has 0 atom stereocenters. The molecule has 2 amide bonds. The molecule has 0 aliphatic rings. The van der Waals surface area contributed by atoms with Gasteiger partial charge in [-0.3, -0.25) is 9.59 Å². The van der Waals surface area contributed by atoms with Crippen molar-refractivity contribution in [3.05, 3.63) is 59.4 Å². The Morgan fingerprint density at radius 3 is 2.58 bits per heavy atom. The summed E-state index contributed by atoms with van der Waals surface area (Å²) in [4.78, 5) is 25.5. The van der Waals surface area contributed by atoms with Gasteiger partial charge >= 0.3 is 0 Å². The lowest BCUT2D eigenvalue weighted by molar-refractivity contribution is -0.133. The van der Waals surface area contributed by atoms with Crippen molar-refractivity contribution in [2.24, 2.45) is 5.73 Å². The molecule has 0 heterocycles. The maximum atomic E-state index is 13.3. The number of halogens is 1. The van der Waals surface area contributed by atoms with Crippen LogP contribution in [0, 0.1) is 5.82 Å². The number of carbonyl (C=O) groups is 2. The van der Waals surface area contributed by atoms with Gasteiger partial charge in [-0.1, -0.05) is 12.1 Å². The van der Waals surface area contributed by atoms with E-state index in [0.717, 1.165) is 0 Å². The van der Waals surface area contributed by atoms with E-state index in [2.05, 4.69) is 0 Å². The molecule has 0 bridgehead atoms. The highest BCUT2D eigenvalue weighted by molar-refractivity contribution is 5.96. The monoisotopic (exact) mass is 360 g/mol. The van der Waals surface area contributed by atoms with E-state index in [1.54, 1.807) is 18.2 Å². The molecule has 0 saturated carbocycles. The van der Waals surface area contributed by atoms with Gasteiger partial charge in [-0.05, 0) is 42.8 Å². The first-order chi connectivity index (χ1) is 12.4. The third-order valence-corrected chi connectivity index (χ3v) is 3.80. The van der Waals surface area contributed by atoms with Crippen LogP contribution in [-0.2, 0) is 11.3 Å². The van der Waals surface area contributed by atoms with Gasteiger partial charge in [0.05, 0.1) is 12.7 Å². The molecule has 0 aliphatic carbocycles. The van der Waals surface area contributed by atoms with Crippen LogP contribution in [0.5, 0.6) is 11.5 Å². The van der Waals surface area contributed by atoms with Gasteiger partial charge in [-0.15, -0.1) is 0 Å². The lowest BCUT2D eigenvalue weighted by atomic mass is 10.2. The largest absolute Gasteiger partial charge is 0.497 e. The van der Waals surface area contributed by atoms with Crippen LogP contribution in [0.2, 0.25) is 0 Å². The number of nitrogens with two attached hydrogens (primary N) is 1. The minimum atomic E-state index is -0.682. The van der Waals surface area contributed by atoms with Gasteiger partial charge < -0.3 is 20.1 Å². The standard InChI is InChI=1S/C19H21FN2O4/c1-3-22(11-13-5-4-6-14(20)9-13)18(23)12-26-17-8-7-15(25-2)10-16(17)19(21)24/h4-10H,3,11-12H2,1-2H3,(H2,21,24). The van der Waals surface area contributed by atoms with Gasteiger partial charge in [0, 0.05) is 13.1 Å². The Hall–Kier alpha value is -3.09. The molecule has 7 heteroatoms. The number of ether oxygens (including phenoxy) is 2. The lowest BCUT2D eigenvalue weighted by Gasteiger charge is -2.21. The van der Waals surface area contributed by atoms with Crippen LogP contribution in [0.1, 0.15) is 22.8 Å². The third kappa shape index (κ3) is 4.95. The molecular formula is C19H21FN2O4. The molecule has 2 aromatic rings. The van der Waals surface area contributed by atoms with Crippen molar-refractivity contribution in [3.8, 4) is 11.5 Å². The zero-order valence-electron chi connectivity index (χ0n) is 14.7. The average Bonchev–Trinajstić information content (AvgIpc) is 2.64. The number of hydrogen-bond donors (Lipinski definition) is 1. The SMILES string of the molecule is CCN(Cc1cccc(F)c1)C(=O)COc1ccc(OC)cc1C(N)=O. The molecule has 26 heavy (non-hydrogen) atoms. The maximum Gasteiger partial charge on any atom is 0.260 e. The van der Waals surface area contributed by atoms with E-state index in [4.69, 9.17) is 15.2 Å². The first kappa shape index (κ1) is 19.2. The Balaban J connectivity index is 2.05. The second-order valence-corrected chi connectivity index (χ2v) is 5.55. The Morgan fingerprint density at radius 1 is 1.19 bits per heavy atom. The minimum absolute atomic E-state index is 0.130. The van der Waals surface area contributed by atoms with E-state index in [1.807, 2.05) is 6.92 Å². The second-order valence-electron chi connectivity index (χ2n) is 5.55. The van der Waals surface area contributed by atoms with Gasteiger partial charge in [-0.25, -0.2) is 4.39 Å². The number of nitrogens with zero attached hydrogens (tertiary/aromatic N) is 1. The molecule has 0 aliphatic heterocycles. The molecule has 0 radical (unpaired) electrons. The molecule has 2 N–H and O–H groups in total. The Kier molecular flexibility index (Phi) is 6.54. The van der Waals surface area contributed by atoms with Crippen LogP contribution in [0.4, 0.5) is 4.39 Å². The Bertz CT molecular complexity index is 795. The van der Waals surface area contributed by atoms with Crippen molar-refractivity contribution in [3.63, 3.8) is 0 Å². The molecule has 0 spiro atoms. The molecule has 2 rings (SSSR count). The van der Waals surface area contributed by atoms with Crippen LogP contribution in [0.3, 0.4) is 0 Å². The number of likely N-dealkylation sites (N-methyl/N-ethyl adjacent to an activating group) is 1. The van der Waals surface area contributed by atoms with E-state index >= 15 is 0 Å². The van der Waals surface area contributed by atoms with Gasteiger partial charge in [0.2, 0.25) is 0 Å². The van der Waals surface area contributed by atoms with Crippen molar-refractivity contribution in [1.29, 1.82) is 0 Å². The van der Waals surface area contributed by atoms with E-state index in [1.165, 1.54) is 36.3 Å². The summed E-state index contributed by atoms with van der Waals surface area (Å²) >= 11 is 0. The van der Waals surface area contributed by atoms with Crippen LogP contribution in [0.25, 0.3) is 0 Å². The predicted octanol–water partition coefficient (Wildman–Crippen LogP) is 2.36. The zero-order valence-corrected chi connectivity index (χ0v) is 14.7. The smallest absolute Gasteiger partial charge is 0.260 e. The fraction of sp³-hybridized carbons (Fsp3) is 0.263. The van der Waals surface area contributed by atoms with Gasteiger partial charge in [0.15, 0.2) is 6.61 Å². The van der Waals surface area contributed by atoms with Crippen LogP contribution in [0.15, 0.2) is 42.5 Å². The zero-order chi connectivity index (χ0) is 19.1. The van der Waals surface area contributed by atoms with Crippen molar-refractivity contribution in [1.82, 2.24) is 4.90 Å². The molecule has 6 nitrogen and oxygen atoms in total. The van der Waals surface area contributed by atoms with E-state index < -0.39 is 5.91 Å². The molecule has 0 unspecified atom stereocenters. The summed E-state index contributed by atoms with van der Waals surface area (Å²) in [7, 11) is 1.47. The summed E-state index contributed by atoms with van der Waals surface area (Å²) in [6, 6.07) is 10.6. The third-order valence-electron chi connectivity index (χ3n) is 3.80. The number of primary amides is 1. The first-order valence-corrected chi connectivity index (χ1v) is 8.07. The highest BCUT2D eigenvalue weighted by Crippen LogP contribution is 2.24. The van der Waals surface area contributed by atoms with Crippen molar-refractivity contribution >= 4 is 11.8 Å². The summed E-state index contributed by atoms with van der Waals surface area (Å²) in [5.74, 6) is -0.666. The van der Waals surface area contributed by atoms with Crippen LogP contribution >= 0.6 is 0 Å². The summed E-state index contributed by atoms with van der Waals surface area (Å²) in [5.41, 5.74) is 6.15. The number of amides is 2. The number of rotatable bonds is 8. The summed E-state index contributed by atoms with van der Waals surface area (Å²) < 4.78 is 23.8. The maximum absolute atomic E-state index is 13.3. The summed E-state index contributed by atoms with van der Waals surface area (Å²) in [6.07, 6.45) is 0. The first-order valence-electron chi connectivity index (χ1n) is 8.07. The van der Waals surface area contributed by atoms with Crippen LogP contribution in [-0.4, -0.2) is 37.0 Å². The summed E-state index contributed by atoms with van der Waals surface area (Å²) in [6.45, 7) is 2.25. The fourth-order valence-corrected chi connectivity index (χ4v) is 2.42. The molecule has 2 aromatic carbocycles. The highest BCUT2D eigenvalue weighted by atomic mass is 19.1. The number of benzene rings is 2. The number of hydrogen-bond acceptors (Lipinski definition) is 4. The normalized spacial score (nSPS) is 10.3. The van der Waals surface area contributed by atoms with E-state index in [0.29, 0.717) is 17.9 Å². The predicted molar refractivity (Wildman–Crippen MR) is 94.5 cm³/mol. The molecule has 138 valence electrons.